The highest BCUT2D eigenvalue weighted by atomic mass is 32.2. The number of benzene rings is 2. The summed E-state index contributed by atoms with van der Waals surface area (Å²) in [4.78, 5) is 0. The van der Waals surface area contributed by atoms with Crippen LogP contribution in [-0.4, -0.2) is 61.9 Å². The molecule has 1 N–H and O–H groups in total. The Morgan fingerprint density at radius 2 is 1.60 bits per heavy atom. The van der Waals surface area contributed by atoms with E-state index in [1.165, 1.54) is 10.4 Å². The smallest absolute Gasteiger partial charge is 0.288 e. The summed E-state index contributed by atoms with van der Waals surface area (Å²) in [7, 11) is -6.15. The van der Waals surface area contributed by atoms with E-state index in [-0.39, 0.29) is 28.2 Å². The van der Waals surface area contributed by atoms with Crippen LogP contribution in [0.25, 0.3) is 0 Å². The molecule has 2 heterocycles. The van der Waals surface area contributed by atoms with E-state index in [0.717, 1.165) is 19.3 Å². The summed E-state index contributed by atoms with van der Waals surface area (Å²) in [6, 6.07) is 21.2. The Morgan fingerprint density at radius 1 is 1.00 bits per heavy atom. The predicted molar refractivity (Wildman–Crippen MR) is 137 cm³/mol. The van der Waals surface area contributed by atoms with Gasteiger partial charge in [-0.15, -0.1) is 5.10 Å². The maximum atomic E-state index is 12.4. The molecule has 4 rings (SSSR count). The first-order valence-corrected chi connectivity index (χ1v) is 15.6. The van der Waals surface area contributed by atoms with E-state index in [1.54, 1.807) is 0 Å². The minimum absolute atomic E-state index is 0.0308. The van der Waals surface area contributed by atoms with Crippen LogP contribution >= 0.6 is 0 Å². The lowest BCUT2D eigenvalue weighted by Gasteiger charge is -2.43. The number of H-pyrrole nitrogens is 1. The molecule has 0 bridgehead atoms. The molecule has 10 heteroatoms. The van der Waals surface area contributed by atoms with Gasteiger partial charge in [-0.05, 0) is 46.3 Å². The molecule has 3 aromatic rings. The van der Waals surface area contributed by atoms with Crippen molar-refractivity contribution in [1.29, 1.82) is 0 Å². The van der Waals surface area contributed by atoms with E-state index in [9.17, 15) is 8.42 Å². The van der Waals surface area contributed by atoms with Gasteiger partial charge in [0.05, 0.1) is 18.0 Å². The van der Waals surface area contributed by atoms with Gasteiger partial charge in [0.1, 0.15) is 0 Å². The zero-order valence-electron chi connectivity index (χ0n) is 20.6. The first-order valence-electron chi connectivity index (χ1n) is 12.1. The molecule has 1 fully saturated rings. The fraction of sp³-hybridized carbons (Fsp3) is 0.480. The van der Waals surface area contributed by atoms with Crippen molar-refractivity contribution in [3.63, 3.8) is 0 Å². The number of hydrogen-bond donors (Lipinski definition) is 1. The second-order valence-corrected chi connectivity index (χ2v) is 16.3. The molecule has 35 heavy (non-hydrogen) atoms. The lowest BCUT2D eigenvalue weighted by Crippen LogP contribution is -2.66. The summed E-state index contributed by atoms with van der Waals surface area (Å²) >= 11 is 0. The van der Waals surface area contributed by atoms with Crippen molar-refractivity contribution in [1.82, 2.24) is 20.6 Å². The molecule has 0 spiro atoms. The SMILES string of the molecule is CC(C)(C)[Si](OCCC[C@H]1CC[C@@H](CS(=O)(=O)c2nn[nH]n2)O1)(c1ccccc1)c1ccccc1. The highest BCUT2D eigenvalue weighted by molar-refractivity contribution is 7.91. The molecule has 1 aliphatic heterocycles. The van der Waals surface area contributed by atoms with Gasteiger partial charge < -0.3 is 9.16 Å². The second kappa shape index (κ2) is 10.7. The van der Waals surface area contributed by atoms with Gasteiger partial charge in [-0.3, -0.25) is 0 Å². The molecule has 0 radical (unpaired) electrons. The van der Waals surface area contributed by atoms with Crippen LogP contribution in [0.5, 0.6) is 0 Å². The third-order valence-corrected chi connectivity index (χ3v) is 13.2. The van der Waals surface area contributed by atoms with Crippen molar-refractivity contribution in [2.24, 2.45) is 0 Å². The Hall–Kier alpha value is -2.40. The van der Waals surface area contributed by atoms with Crippen LogP contribution in [0.4, 0.5) is 0 Å². The highest BCUT2D eigenvalue weighted by Gasteiger charge is 2.50. The van der Waals surface area contributed by atoms with Gasteiger partial charge in [0.2, 0.25) is 9.84 Å². The average Bonchev–Trinajstić information content (AvgIpc) is 3.52. The number of nitrogens with zero attached hydrogens (tertiary/aromatic N) is 3. The Balaban J connectivity index is 1.39. The van der Waals surface area contributed by atoms with Crippen molar-refractivity contribution in [3.05, 3.63) is 60.7 Å². The molecular formula is C25H34N4O4SSi. The summed E-state index contributed by atoms with van der Waals surface area (Å²) in [5, 5.41) is 14.9. The lowest BCUT2D eigenvalue weighted by molar-refractivity contribution is 0.0488. The number of sulfone groups is 1. The van der Waals surface area contributed by atoms with Crippen molar-refractivity contribution >= 4 is 28.5 Å². The molecular weight excluding hydrogens is 480 g/mol. The van der Waals surface area contributed by atoms with E-state index >= 15 is 0 Å². The predicted octanol–water partition coefficient (Wildman–Crippen LogP) is 2.88. The van der Waals surface area contributed by atoms with Crippen LogP contribution in [0.3, 0.4) is 0 Å². The van der Waals surface area contributed by atoms with Crippen LogP contribution in [0, 0.1) is 0 Å². The monoisotopic (exact) mass is 514 g/mol. The maximum absolute atomic E-state index is 12.4. The van der Waals surface area contributed by atoms with Gasteiger partial charge in [0.25, 0.3) is 13.5 Å². The minimum atomic E-state index is -3.61. The van der Waals surface area contributed by atoms with Crippen LogP contribution in [0.15, 0.2) is 65.8 Å². The largest absolute Gasteiger partial charge is 0.407 e. The van der Waals surface area contributed by atoms with Gasteiger partial charge in [0, 0.05) is 6.61 Å². The minimum Gasteiger partial charge on any atom is -0.407 e. The molecule has 1 aliphatic rings. The molecule has 1 saturated heterocycles. The molecule has 188 valence electrons. The van der Waals surface area contributed by atoms with Crippen molar-refractivity contribution in [2.75, 3.05) is 12.4 Å². The second-order valence-electron chi connectivity index (χ2n) is 10.1. The Kier molecular flexibility index (Phi) is 7.85. The first kappa shape index (κ1) is 25.7. The summed E-state index contributed by atoms with van der Waals surface area (Å²) in [5.74, 6) is -0.123. The van der Waals surface area contributed by atoms with Gasteiger partial charge in [-0.1, -0.05) is 86.5 Å². The summed E-state index contributed by atoms with van der Waals surface area (Å²) in [6.45, 7) is 7.44. The molecule has 0 aliphatic carbocycles. The summed E-state index contributed by atoms with van der Waals surface area (Å²) in [6.07, 6.45) is 2.91. The van der Waals surface area contributed by atoms with E-state index in [0.29, 0.717) is 13.0 Å². The normalized spacial score (nSPS) is 19.2. The summed E-state index contributed by atoms with van der Waals surface area (Å²) in [5.41, 5.74) is 0. The van der Waals surface area contributed by atoms with E-state index in [4.69, 9.17) is 9.16 Å². The highest BCUT2D eigenvalue weighted by Crippen LogP contribution is 2.37. The van der Waals surface area contributed by atoms with Crippen molar-refractivity contribution < 1.29 is 17.6 Å². The number of hydrogen-bond acceptors (Lipinski definition) is 7. The van der Waals surface area contributed by atoms with Crippen molar-refractivity contribution in [3.8, 4) is 0 Å². The molecule has 0 saturated carbocycles. The quantitative estimate of drug-likeness (QED) is 0.327. The molecule has 0 amide bonds. The fourth-order valence-electron chi connectivity index (χ4n) is 5.02. The van der Waals surface area contributed by atoms with Crippen LogP contribution in [0.2, 0.25) is 5.04 Å². The molecule has 2 atom stereocenters. The number of ether oxygens (including phenoxy) is 1. The Morgan fingerprint density at radius 3 is 2.14 bits per heavy atom. The maximum Gasteiger partial charge on any atom is 0.288 e. The summed E-state index contributed by atoms with van der Waals surface area (Å²) < 4.78 is 37.8. The van der Waals surface area contributed by atoms with Crippen LogP contribution in [0.1, 0.15) is 46.5 Å². The van der Waals surface area contributed by atoms with E-state index < -0.39 is 18.2 Å². The Bertz CT molecular complexity index is 1130. The first-order chi connectivity index (χ1) is 16.7. The standard InChI is InChI=1S/C25H34N4O4SSi/c1-25(2,3)35(22-12-6-4-7-13-22,23-14-8-5-9-15-23)32-18-10-11-20-16-17-21(33-20)19-34(30,31)24-26-28-29-27-24/h4-9,12-15,20-21H,10-11,16-19H2,1-3H3,(H,26,27,28,29)/t20-,21-/m0/s1. The molecule has 0 unspecified atom stereocenters. The number of aromatic nitrogens is 4. The zero-order chi connectivity index (χ0) is 24.9. The molecule has 1 aromatic heterocycles. The average molecular weight is 515 g/mol. The van der Waals surface area contributed by atoms with Crippen LogP contribution in [-0.2, 0) is 19.0 Å². The number of rotatable bonds is 10. The van der Waals surface area contributed by atoms with Gasteiger partial charge in [0.15, 0.2) is 0 Å². The topological polar surface area (TPSA) is 107 Å². The van der Waals surface area contributed by atoms with E-state index in [1.807, 2.05) is 12.1 Å². The third-order valence-electron chi connectivity index (χ3n) is 6.61. The number of aromatic amines is 1. The Labute approximate surface area is 208 Å². The van der Waals surface area contributed by atoms with Crippen molar-refractivity contribution in [2.45, 2.75) is 68.9 Å². The van der Waals surface area contributed by atoms with E-state index in [2.05, 4.69) is 89.9 Å². The lowest BCUT2D eigenvalue weighted by atomic mass is 10.1. The van der Waals surface area contributed by atoms with Crippen LogP contribution < -0.4 is 10.4 Å². The zero-order valence-corrected chi connectivity index (χ0v) is 22.4. The number of tetrazole rings is 1. The van der Waals surface area contributed by atoms with Gasteiger partial charge in [-0.2, -0.15) is 5.21 Å². The molecule has 2 aromatic carbocycles. The third kappa shape index (κ3) is 5.71. The van der Waals surface area contributed by atoms with Gasteiger partial charge >= 0.3 is 0 Å². The molecule has 8 nitrogen and oxygen atoms in total. The number of nitrogens with one attached hydrogen (secondary N) is 1. The van der Waals surface area contributed by atoms with Gasteiger partial charge in [-0.25, -0.2) is 8.42 Å². The fourth-order valence-corrected chi connectivity index (χ4v) is 10.9.